The van der Waals surface area contributed by atoms with E-state index in [9.17, 15) is 13.6 Å². The predicted molar refractivity (Wildman–Crippen MR) is 69.1 cm³/mol. The summed E-state index contributed by atoms with van der Waals surface area (Å²) in [6, 6.07) is 3.27. The lowest BCUT2D eigenvalue weighted by Gasteiger charge is -2.10. The quantitative estimate of drug-likeness (QED) is 0.936. The first-order valence-electron chi connectivity index (χ1n) is 6.24. The molecule has 6 heteroatoms. The Morgan fingerprint density at radius 1 is 1.40 bits per heavy atom. The van der Waals surface area contributed by atoms with Gasteiger partial charge < -0.3 is 9.84 Å². The summed E-state index contributed by atoms with van der Waals surface area (Å²) in [6.07, 6.45) is 2.03. The Morgan fingerprint density at radius 2 is 2.15 bits per heavy atom. The van der Waals surface area contributed by atoms with Crippen LogP contribution >= 0.6 is 0 Å². The summed E-state index contributed by atoms with van der Waals surface area (Å²) in [5.41, 5.74) is 0.451. The van der Waals surface area contributed by atoms with Crippen molar-refractivity contribution in [3.63, 3.8) is 0 Å². The van der Waals surface area contributed by atoms with Gasteiger partial charge in [-0.1, -0.05) is 12.1 Å². The van der Waals surface area contributed by atoms with Gasteiger partial charge in [0.15, 0.2) is 17.4 Å². The molecule has 1 aromatic heterocycles. The molecule has 20 heavy (non-hydrogen) atoms. The number of halogens is 2. The van der Waals surface area contributed by atoms with E-state index in [4.69, 9.17) is 4.52 Å². The molecule has 1 unspecified atom stereocenters. The first-order valence-corrected chi connectivity index (χ1v) is 6.24. The lowest BCUT2D eigenvalue weighted by molar-refractivity contribution is 0.0939. The molecule has 0 radical (unpaired) electrons. The fourth-order valence-electron chi connectivity index (χ4n) is 1.65. The molecule has 1 aromatic carbocycles. The first-order chi connectivity index (χ1) is 9.52. The average molecular weight is 280 g/mol. The van der Waals surface area contributed by atoms with E-state index in [0.29, 0.717) is 0 Å². The van der Waals surface area contributed by atoms with Gasteiger partial charge in [0.25, 0.3) is 5.91 Å². The minimum absolute atomic E-state index is 0.00444. The number of hydrogen-bond acceptors (Lipinski definition) is 3. The highest BCUT2D eigenvalue weighted by molar-refractivity contribution is 5.99. The highest BCUT2D eigenvalue weighted by Gasteiger charge is 2.19. The van der Waals surface area contributed by atoms with Gasteiger partial charge in [-0.15, -0.1) is 0 Å². The summed E-state index contributed by atoms with van der Waals surface area (Å²) in [6.45, 7) is 3.80. The predicted octanol–water partition coefficient (Wildman–Crippen LogP) is 3.15. The molecule has 0 bridgehead atoms. The number of benzene rings is 1. The molecule has 0 aliphatic rings. The van der Waals surface area contributed by atoms with Crippen LogP contribution < -0.4 is 5.32 Å². The SMILES string of the molecule is CCC(C)NC(=O)c1cnoc1-c1ccc(F)c(F)c1. The maximum Gasteiger partial charge on any atom is 0.257 e. The summed E-state index contributed by atoms with van der Waals surface area (Å²) < 4.78 is 31.1. The minimum Gasteiger partial charge on any atom is -0.355 e. The fourth-order valence-corrected chi connectivity index (χ4v) is 1.65. The maximum atomic E-state index is 13.2. The lowest BCUT2D eigenvalue weighted by atomic mass is 10.1. The van der Waals surface area contributed by atoms with Gasteiger partial charge >= 0.3 is 0 Å². The topological polar surface area (TPSA) is 55.1 Å². The zero-order valence-corrected chi connectivity index (χ0v) is 11.1. The molecule has 4 nitrogen and oxygen atoms in total. The van der Waals surface area contributed by atoms with Crippen molar-refractivity contribution in [1.82, 2.24) is 10.5 Å². The molecule has 0 fully saturated rings. The third-order valence-corrected chi connectivity index (χ3v) is 2.99. The molecule has 0 aliphatic heterocycles. The molecule has 2 aromatic rings. The second kappa shape index (κ2) is 5.81. The number of carbonyl (C=O) groups is 1. The van der Waals surface area contributed by atoms with Crippen molar-refractivity contribution in [2.75, 3.05) is 0 Å². The molecule has 0 saturated carbocycles. The molecule has 0 aliphatic carbocycles. The first kappa shape index (κ1) is 14.2. The van der Waals surface area contributed by atoms with Crippen LogP contribution in [-0.4, -0.2) is 17.1 Å². The highest BCUT2D eigenvalue weighted by atomic mass is 19.2. The van der Waals surface area contributed by atoms with Crippen molar-refractivity contribution < 1.29 is 18.1 Å². The Balaban J connectivity index is 2.32. The summed E-state index contributed by atoms with van der Waals surface area (Å²) in [4.78, 5) is 12.0. The maximum absolute atomic E-state index is 13.2. The molecule has 2 rings (SSSR count). The van der Waals surface area contributed by atoms with Crippen LogP contribution in [-0.2, 0) is 0 Å². The van der Waals surface area contributed by atoms with E-state index in [2.05, 4.69) is 10.5 Å². The van der Waals surface area contributed by atoms with Gasteiger partial charge in [0.2, 0.25) is 0 Å². The van der Waals surface area contributed by atoms with Gasteiger partial charge in [0.1, 0.15) is 5.56 Å². The van der Waals surface area contributed by atoms with E-state index in [1.165, 1.54) is 12.3 Å². The van der Waals surface area contributed by atoms with Gasteiger partial charge in [-0.25, -0.2) is 8.78 Å². The van der Waals surface area contributed by atoms with Crippen LogP contribution in [0.4, 0.5) is 8.78 Å². The third-order valence-electron chi connectivity index (χ3n) is 2.99. The standard InChI is InChI=1S/C14H14F2N2O2/c1-3-8(2)18-14(19)10-7-17-20-13(10)9-4-5-11(15)12(16)6-9/h4-8H,3H2,1-2H3,(H,18,19). The Hall–Kier alpha value is -2.24. The van der Waals surface area contributed by atoms with Crippen molar-refractivity contribution in [3.8, 4) is 11.3 Å². The van der Waals surface area contributed by atoms with Gasteiger partial charge in [-0.2, -0.15) is 0 Å². The molecule has 1 atom stereocenters. The molecule has 106 valence electrons. The fraction of sp³-hybridized carbons (Fsp3) is 0.286. The molecule has 1 N–H and O–H groups in total. The average Bonchev–Trinajstić information content (AvgIpc) is 2.91. The number of carbonyl (C=O) groups excluding carboxylic acids is 1. The van der Waals surface area contributed by atoms with Crippen molar-refractivity contribution in [2.24, 2.45) is 0 Å². The Morgan fingerprint density at radius 3 is 2.80 bits per heavy atom. The summed E-state index contributed by atoms with van der Waals surface area (Å²) in [5.74, 6) is -2.21. The molecule has 1 heterocycles. The lowest BCUT2D eigenvalue weighted by Crippen LogP contribution is -2.31. The number of hydrogen-bond donors (Lipinski definition) is 1. The second-order valence-electron chi connectivity index (χ2n) is 4.48. The van der Waals surface area contributed by atoms with Crippen LogP contribution in [0.15, 0.2) is 28.9 Å². The molecule has 0 saturated heterocycles. The third kappa shape index (κ3) is 2.84. The Bertz CT molecular complexity index is 625. The minimum atomic E-state index is -1.01. The van der Waals surface area contributed by atoms with Crippen molar-refractivity contribution in [1.29, 1.82) is 0 Å². The number of aromatic nitrogens is 1. The Kier molecular flexibility index (Phi) is 4.12. The molecule has 1 amide bonds. The van der Waals surface area contributed by atoms with E-state index in [-0.39, 0.29) is 28.8 Å². The number of nitrogens with zero attached hydrogens (tertiary/aromatic N) is 1. The Labute approximate surface area is 114 Å². The van der Waals surface area contributed by atoms with E-state index >= 15 is 0 Å². The summed E-state index contributed by atoms with van der Waals surface area (Å²) in [7, 11) is 0. The van der Waals surface area contributed by atoms with Crippen LogP contribution in [0.3, 0.4) is 0 Å². The van der Waals surface area contributed by atoms with E-state index in [0.717, 1.165) is 18.6 Å². The zero-order valence-electron chi connectivity index (χ0n) is 11.1. The highest BCUT2D eigenvalue weighted by Crippen LogP contribution is 2.25. The van der Waals surface area contributed by atoms with Crippen LogP contribution in [0, 0.1) is 11.6 Å². The van der Waals surface area contributed by atoms with Crippen LogP contribution in [0.5, 0.6) is 0 Å². The van der Waals surface area contributed by atoms with E-state index in [1.807, 2.05) is 13.8 Å². The van der Waals surface area contributed by atoms with Crippen LogP contribution in [0.2, 0.25) is 0 Å². The largest absolute Gasteiger partial charge is 0.355 e. The van der Waals surface area contributed by atoms with Gasteiger partial charge in [0.05, 0.1) is 6.20 Å². The molecule has 0 spiro atoms. The summed E-state index contributed by atoms with van der Waals surface area (Å²) in [5, 5.41) is 6.31. The van der Waals surface area contributed by atoms with Gasteiger partial charge in [-0.05, 0) is 31.5 Å². The second-order valence-corrected chi connectivity index (χ2v) is 4.48. The number of nitrogens with one attached hydrogen (secondary N) is 1. The van der Waals surface area contributed by atoms with E-state index in [1.54, 1.807) is 0 Å². The van der Waals surface area contributed by atoms with Crippen LogP contribution in [0.1, 0.15) is 30.6 Å². The van der Waals surface area contributed by atoms with Crippen molar-refractivity contribution in [3.05, 3.63) is 41.6 Å². The monoisotopic (exact) mass is 280 g/mol. The molecular formula is C14H14F2N2O2. The normalized spacial score (nSPS) is 12.2. The zero-order chi connectivity index (χ0) is 14.7. The van der Waals surface area contributed by atoms with Gasteiger partial charge in [-0.3, -0.25) is 4.79 Å². The number of rotatable bonds is 4. The van der Waals surface area contributed by atoms with Crippen molar-refractivity contribution >= 4 is 5.91 Å². The number of amides is 1. The summed E-state index contributed by atoms with van der Waals surface area (Å²) >= 11 is 0. The van der Waals surface area contributed by atoms with Crippen LogP contribution in [0.25, 0.3) is 11.3 Å². The van der Waals surface area contributed by atoms with E-state index < -0.39 is 11.6 Å². The van der Waals surface area contributed by atoms with Gasteiger partial charge in [0, 0.05) is 11.6 Å². The van der Waals surface area contributed by atoms with Crippen molar-refractivity contribution in [2.45, 2.75) is 26.3 Å². The smallest absolute Gasteiger partial charge is 0.257 e. The molecular weight excluding hydrogens is 266 g/mol.